The molecule has 4 rings (SSSR count). The Labute approximate surface area is 169 Å². The third kappa shape index (κ3) is 4.41. The van der Waals surface area contributed by atoms with Gasteiger partial charge in [-0.1, -0.05) is 0 Å². The molecule has 2 aliphatic heterocycles. The SMILES string of the molecule is CN1CCN(CCCNC(=O)c2ccc3c(c2)Nc2nc(=O)n(C)cc2O3)CC1. The van der Waals surface area contributed by atoms with Crippen LogP contribution in [0.4, 0.5) is 11.5 Å². The number of ether oxygens (including phenoxy) is 1. The van der Waals surface area contributed by atoms with Crippen molar-refractivity contribution in [3.63, 3.8) is 0 Å². The summed E-state index contributed by atoms with van der Waals surface area (Å²) < 4.78 is 7.15. The number of hydrogen-bond donors (Lipinski definition) is 2. The monoisotopic (exact) mass is 398 g/mol. The van der Waals surface area contributed by atoms with Crippen molar-refractivity contribution in [1.29, 1.82) is 0 Å². The topological polar surface area (TPSA) is 91.7 Å². The van der Waals surface area contributed by atoms with Crippen molar-refractivity contribution in [1.82, 2.24) is 24.7 Å². The second kappa shape index (κ2) is 8.22. The first-order valence-corrected chi connectivity index (χ1v) is 9.85. The highest BCUT2D eigenvalue weighted by atomic mass is 16.5. The van der Waals surface area contributed by atoms with Crippen LogP contribution in [-0.4, -0.2) is 71.6 Å². The van der Waals surface area contributed by atoms with E-state index in [1.165, 1.54) is 4.57 Å². The molecule has 2 aliphatic rings. The Morgan fingerprint density at radius 3 is 2.79 bits per heavy atom. The lowest BCUT2D eigenvalue weighted by Gasteiger charge is -2.32. The van der Waals surface area contributed by atoms with Gasteiger partial charge in [-0.05, 0) is 38.2 Å². The molecule has 2 aromatic rings. The van der Waals surface area contributed by atoms with Gasteiger partial charge in [-0.15, -0.1) is 0 Å². The van der Waals surface area contributed by atoms with Crippen molar-refractivity contribution in [2.75, 3.05) is 51.6 Å². The van der Waals surface area contributed by atoms with Crippen molar-refractivity contribution >= 4 is 17.4 Å². The smallest absolute Gasteiger partial charge is 0.349 e. The fourth-order valence-corrected chi connectivity index (χ4v) is 3.47. The fraction of sp³-hybridized carbons (Fsp3) is 0.450. The zero-order valence-corrected chi connectivity index (χ0v) is 16.8. The molecule has 1 aromatic heterocycles. The molecule has 29 heavy (non-hydrogen) atoms. The van der Waals surface area contributed by atoms with E-state index in [1.54, 1.807) is 31.4 Å². The van der Waals surface area contributed by atoms with Crippen LogP contribution in [-0.2, 0) is 7.05 Å². The zero-order valence-electron chi connectivity index (χ0n) is 16.8. The van der Waals surface area contributed by atoms with E-state index in [9.17, 15) is 9.59 Å². The molecule has 1 saturated heterocycles. The number of carbonyl (C=O) groups excluding carboxylic acids is 1. The number of nitrogens with one attached hydrogen (secondary N) is 2. The van der Waals surface area contributed by atoms with Gasteiger partial charge in [-0.25, -0.2) is 4.79 Å². The van der Waals surface area contributed by atoms with Gasteiger partial charge in [0, 0.05) is 45.3 Å². The Bertz CT molecular complexity index is 965. The summed E-state index contributed by atoms with van der Waals surface area (Å²) in [5.41, 5.74) is 0.771. The molecule has 2 N–H and O–H groups in total. The molecule has 0 saturated carbocycles. The number of amides is 1. The zero-order chi connectivity index (χ0) is 20.4. The maximum absolute atomic E-state index is 12.5. The number of nitrogens with zero attached hydrogens (tertiary/aromatic N) is 4. The summed E-state index contributed by atoms with van der Waals surface area (Å²) in [6.07, 6.45) is 2.50. The fourth-order valence-electron chi connectivity index (χ4n) is 3.47. The highest BCUT2D eigenvalue weighted by Crippen LogP contribution is 2.40. The quantitative estimate of drug-likeness (QED) is 0.620. The summed E-state index contributed by atoms with van der Waals surface area (Å²) in [4.78, 5) is 33.0. The van der Waals surface area contributed by atoms with Gasteiger partial charge in [-0.3, -0.25) is 9.36 Å². The highest BCUT2D eigenvalue weighted by molar-refractivity contribution is 5.96. The number of benzene rings is 1. The van der Waals surface area contributed by atoms with Crippen LogP contribution in [0.1, 0.15) is 16.8 Å². The predicted octanol–water partition coefficient (Wildman–Crippen LogP) is 0.997. The van der Waals surface area contributed by atoms with Gasteiger partial charge in [0.15, 0.2) is 17.3 Å². The highest BCUT2D eigenvalue weighted by Gasteiger charge is 2.20. The molecule has 0 spiro atoms. The van der Waals surface area contributed by atoms with Gasteiger partial charge in [0.25, 0.3) is 5.91 Å². The number of anilines is 2. The molecule has 0 radical (unpaired) electrons. The van der Waals surface area contributed by atoms with Crippen LogP contribution in [0.25, 0.3) is 0 Å². The van der Waals surface area contributed by atoms with Gasteiger partial charge >= 0.3 is 5.69 Å². The maximum atomic E-state index is 12.5. The maximum Gasteiger partial charge on any atom is 0.349 e. The lowest BCUT2D eigenvalue weighted by Crippen LogP contribution is -2.45. The van der Waals surface area contributed by atoms with Gasteiger partial charge in [0.1, 0.15) is 0 Å². The minimum absolute atomic E-state index is 0.129. The molecule has 0 atom stereocenters. The molecule has 0 aliphatic carbocycles. The first kappa shape index (κ1) is 19.4. The summed E-state index contributed by atoms with van der Waals surface area (Å²) in [7, 11) is 3.76. The summed E-state index contributed by atoms with van der Waals surface area (Å²) in [6.45, 7) is 5.98. The second-order valence-electron chi connectivity index (χ2n) is 7.54. The Morgan fingerprint density at radius 1 is 1.21 bits per heavy atom. The first-order chi connectivity index (χ1) is 14.0. The summed E-state index contributed by atoms with van der Waals surface area (Å²) >= 11 is 0. The van der Waals surface area contributed by atoms with E-state index in [4.69, 9.17) is 4.74 Å². The predicted molar refractivity (Wildman–Crippen MR) is 110 cm³/mol. The molecule has 9 heteroatoms. The largest absolute Gasteiger partial charge is 0.450 e. The van der Waals surface area contributed by atoms with Crippen molar-refractivity contribution in [3.8, 4) is 11.5 Å². The molecule has 0 unspecified atom stereocenters. The number of aryl methyl sites for hydroxylation is 1. The van der Waals surface area contributed by atoms with E-state index in [1.807, 2.05) is 0 Å². The van der Waals surface area contributed by atoms with Crippen LogP contribution in [0.2, 0.25) is 0 Å². The minimum Gasteiger partial charge on any atom is -0.450 e. The van der Waals surface area contributed by atoms with Crippen LogP contribution in [0.3, 0.4) is 0 Å². The number of likely N-dealkylation sites (N-methyl/N-ethyl adjacent to an activating group) is 1. The van der Waals surface area contributed by atoms with Crippen molar-refractivity contribution in [2.45, 2.75) is 6.42 Å². The number of hydrogen-bond acceptors (Lipinski definition) is 7. The van der Waals surface area contributed by atoms with E-state index < -0.39 is 0 Å². The molecular weight excluding hydrogens is 372 g/mol. The Morgan fingerprint density at radius 2 is 2.00 bits per heavy atom. The summed E-state index contributed by atoms with van der Waals surface area (Å²) in [6, 6.07) is 5.19. The van der Waals surface area contributed by atoms with Gasteiger partial charge in [-0.2, -0.15) is 4.98 Å². The molecule has 9 nitrogen and oxygen atoms in total. The molecular formula is C20H26N6O3. The normalized spacial score (nSPS) is 16.3. The molecule has 1 aromatic carbocycles. The third-order valence-electron chi connectivity index (χ3n) is 5.30. The Kier molecular flexibility index (Phi) is 5.50. The molecule has 1 fully saturated rings. The van der Waals surface area contributed by atoms with Gasteiger partial charge in [0.2, 0.25) is 0 Å². The summed E-state index contributed by atoms with van der Waals surface area (Å²) in [5, 5.41) is 6.05. The van der Waals surface area contributed by atoms with Crippen LogP contribution in [0.15, 0.2) is 29.2 Å². The van der Waals surface area contributed by atoms with Crippen LogP contribution in [0, 0.1) is 0 Å². The number of carbonyl (C=O) groups is 1. The average Bonchev–Trinajstić information content (AvgIpc) is 2.71. The van der Waals surface area contributed by atoms with E-state index in [0.717, 1.165) is 39.1 Å². The lowest BCUT2D eigenvalue weighted by molar-refractivity contribution is 0.0949. The number of fused-ring (bicyclic) bond motifs is 2. The lowest BCUT2D eigenvalue weighted by atomic mass is 10.1. The van der Waals surface area contributed by atoms with Crippen molar-refractivity contribution in [2.24, 2.45) is 7.05 Å². The number of piperazine rings is 1. The molecule has 3 heterocycles. The van der Waals surface area contributed by atoms with E-state index >= 15 is 0 Å². The molecule has 154 valence electrons. The van der Waals surface area contributed by atoms with Crippen LogP contribution < -0.4 is 21.1 Å². The summed E-state index contributed by atoms with van der Waals surface area (Å²) in [5.74, 6) is 1.28. The average molecular weight is 398 g/mol. The molecule has 0 bridgehead atoms. The standard InChI is InChI=1S/C20H26N6O3/c1-24-8-10-26(11-9-24)7-3-6-21-19(27)14-4-5-16-15(12-14)22-18-17(29-16)13-25(2)20(28)23-18/h4-5,12-13H,3,6-11H2,1-2H3,(H,21,27)(H,22,23,28). The number of aromatic nitrogens is 2. The third-order valence-corrected chi connectivity index (χ3v) is 5.30. The second-order valence-corrected chi connectivity index (χ2v) is 7.54. The Hall–Kier alpha value is -2.91. The van der Waals surface area contributed by atoms with Crippen LogP contribution in [0.5, 0.6) is 11.5 Å². The van der Waals surface area contributed by atoms with Crippen LogP contribution >= 0.6 is 0 Å². The van der Waals surface area contributed by atoms with E-state index in [2.05, 4.69) is 32.5 Å². The molecule has 1 amide bonds. The number of rotatable bonds is 5. The Balaban J connectivity index is 1.32. The van der Waals surface area contributed by atoms with Crippen molar-refractivity contribution in [3.05, 3.63) is 40.4 Å². The minimum atomic E-state index is -0.377. The first-order valence-electron chi connectivity index (χ1n) is 9.85. The van der Waals surface area contributed by atoms with Gasteiger partial charge < -0.3 is 25.2 Å². The van der Waals surface area contributed by atoms with Gasteiger partial charge in [0.05, 0.1) is 11.9 Å². The van der Waals surface area contributed by atoms with E-state index in [-0.39, 0.29) is 11.6 Å². The van der Waals surface area contributed by atoms with Crippen molar-refractivity contribution < 1.29 is 9.53 Å². The van der Waals surface area contributed by atoms with E-state index in [0.29, 0.717) is 35.1 Å².